The third-order valence-corrected chi connectivity index (χ3v) is 2.25. The van der Waals surface area contributed by atoms with Gasteiger partial charge in [0.15, 0.2) is 0 Å². The third kappa shape index (κ3) is 1.36. The molecular weight excluding hydrogens is 168 g/mol. The van der Waals surface area contributed by atoms with Crippen LogP contribution in [0.25, 0.3) is 10.7 Å². The SMILES string of the molecule is Cc1cc[c]c(-c2nccs2)n1. The van der Waals surface area contributed by atoms with Gasteiger partial charge in [-0.3, -0.25) is 0 Å². The van der Waals surface area contributed by atoms with Crippen LogP contribution in [0.3, 0.4) is 0 Å². The van der Waals surface area contributed by atoms with E-state index in [0.717, 1.165) is 16.4 Å². The lowest BCUT2D eigenvalue weighted by Crippen LogP contribution is -1.84. The van der Waals surface area contributed by atoms with E-state index in [9.17, 15) is 0 Å². The highest BCUT2D eigenvalue weighted by atomic mass is 32.1. The zero-order valence-electron chi connectivity index (χ0n) is 6.61. The van der Waals surface area contributed by atoms with Gasteiger partial charge in [0, 0.05) is 23.3 Å². The average Bonchev–Trinajstić information content (AvgIpc) is 2.56. The molecule has 0 N–H and O–H groups in total. The van der Waals surface area contributed by atoms with Crippen LogP contribution in [0, 0.1) is 13.0 Å². The molecule has 0 bridgehead atoms. The minimum atomic E-state index is 0.838. The third-order valence-electron chi connectivity index (χ3n) is 1.47. The molecule has 0 saturated carbocycles. The molecule has 2 aromatic heterocycles. The number of aromatic nitrogens is 2. The lowest BCUT2D eigenvalue weighted by atomic mass is 10.3. The van der Waals surface area contributed by atoms with Crippen molar-refractivity contribution in [2.24, 2.45) is 0 Å². The van der Waals surface area contributed by atoms with Crippen LogP contribution in [0.2, 0.25) is 0 Å². The topological polar surface area (TPSA) is 25.8 Å². The first kappa shape index (κ1) is 7.43. The van der Waals surface area contributed by atoms with Gasteiger partial charge in [0.05, 0.1) is 0 Å². The summed E-state index contributed by atoms with van der Waals surface area (Å²) in [6, 6.07) is 6.85. The van der Waals surface area contributed by atoms with Crippen molar-refractivity contribution in [2.75, 3.05) is 0 Å². The van der Waals surface area contributed by atoms with Crippen LogP contribution in [0.15, 0.2) is 23.7 Å². The molecule has 2 heterocycles. The smallest absolute Gasteiger partial charge is 0.142 e. The van der Waals surface area contributed by atoms with Gasteiger partial charge in [-0.1, -0.05) is 6.07 Å². The molecule has 1 radical (unpaired) electrons. The van der Waals surface area contributed by atoms with Crippen LogP contribution in [0.5, 0.6) is 0 Å². The maximum Gasteiger partial charge on any atom is 0.142 e. The first-order chi connectivity index (χ1) is 5.86. The lowest BCUT2D eigenvalue weighted by Gasteiger charge is -1.94. The Morgan fingerprint density at radius 2 is 2.42 bits per heavy atom. The van der Waals surface area contributed by atoms with Crippen LogP contribution in [-0.4, -0.2) is 9.97 Å². The van der Waals surface area contributed by atoms with Crippen LogP contribution in [0.4, 0.5) is 0 Å². The van der Waals surface area contributed by atoms with Gasteiger partial charge in [0.2, 0.25) is 0 Å². The highest BCUT2D eigenvalue weighted by Crippen LogP contribution is 2.18. The van der Waals surface area contributed by atoms with E-state index in [0.29, 0.717) is 0 Å². The number of rotatable bonds is 1. The van der Waals surface area contributed by atoms with Crippen molar-refractivity contribution in [2.45, 2.75) is 6.92 Å². The van der Waals surface area contributed by atoms with Crippen molar-refractivity contribution in [3.63, 3.8) is 0 Å². The Bertz CT molecular complexity index is 368. The largest absolute Gasteiger partial charge is 0.250 e. The normalized spacial score (nSPS) is 10.1. The van der Waals surface area contributed by atoms with Gasteiger partial charge in [0.25, 0.3) is 0 Å². The minimum Gasteiger partial charge on any atom is -0.250 e. The summed E-state index contributed by atoms with van der Waals surface area (Å²) in [5, 5.41) is 2.87. The Balaban J connectivity index is 2.48. The molecule has 0 aliphatic rings. The zero-order valence-corrected chi connectivity index (χ0v) is 7.43. The second kappa shape index (κ2) is 3.03. The summed E-state index contributed by atoms with van der Waals surface area (Å²) in [6.45, 7) is 1.96. The molecule has 0 aliphatic heterocycles. The summed E-state index contributed by atoms with van der Waals surface area (Å²) in [5.74, 6) is 0. The first-order valence-corrected chi connectivity index (χ1v) is 4.49. The van der Waals surface area contributed by atoms with Crippen LogP contribution < -0.4 is 0 Å². The summed E-state index contributed by atoms with van der Waals surface area (Å²) in [6.07, 6.45) is 1.78. The van der Waals surface area contributed by atoms with Gasteiger partial charge in [-0.05, 0) is 13.0 Å². The molecular formula is C9H7N2S. The second-order valence-electron chi connectivity index (χ2n) is 2.42. The molecule has 0 saturated heterocycles. The molecule has 0 spiro atoms. The molecule has 0 atom stereocenters. The van der Waals surface area contributed by atoms with Gasteiger partial charge < -0.3 is 0 Å². The molecule has 59 valence electrons. The molecule has 2 aromatic rings. The molecule has 0 aromatic carbocycles. The van der Waals surface area contributed by atoms with E-state index in [1.165, 1.54) is 0 Å². The van der Waals surface area contributed by atoms with E-state index >= 15 is 0 Å². The highest BCUT2D eigenvalue weighted by molar-refractivity contribution is 7.13. The second-order valence-corrected chi connectivity index (χ2v) is 3.31. The molecule has 12 heavy (non-hydrogen) atoms. The van der Waals surface area contributed by atoms with Crippen molar-refractivity contribution in [1.82, 2.24) is 9.97 Å². The number of aryl methyl sites for hydroxylation is 1. The van der Waals surface area contributed by atoms with Crippen LogP contribution >= 0.6 is 11.3 Å². The molecule has 3 heteroatoms. The lowest BCUT2D eigenvalue weighted by molar-refractivity contribution is 1.19. The predicted octanol–water partition coefficient (Wildman–Crippen LogP) is 2.31. The number of hydrogen-bond donors (Lipinski definition) is 0. The van der Waals surface area contributed by atoms with Crippen molar-refractivity contribution in [3.05, 3.63) is 35.5 Å². The molecule has 0 aliphatic carbocycles. The predicted molar refractivity (Wildman–Crippen MR) is 48.9 cm³/mol. The van der Waals surface area contributed by atoms with Crippen LogP contribution in [-0.2, 0) is 0 Å². The van der Waals surface area contributed by atoms with Crippen molar-refractivity contribution in [3.8, 4) is 10.7 Å². The van der Waals surface area contributed by atoms with Crippen molar-refractivity contribution < 1.29 is 0 Å². The highest BCUT2D eigenvalue weighted by Gasteiger charge is 2.00. The maximum absolute atomic E-state index is 4.31. The number of hydrogen-bond acceptors (Lipinski definition) is 3. The maximum atomic E-state index is 4.31. The average molecular weight is 175 g/mol. The Kier molecular flexibility index (Phi) is 1.87. The van der Waals surface area contributed by atoms with Gasteiger partial charge >= 0.3 is 0 Å². The van der Waals surface area contributed by atoms with Crippen LogP contribution in [0.1, 0.15) is 5.69 Å². The molecule has 0 fully saturated rings. The van der Waals surface area contributed by atoms with E-state index in [1.54, 1.807) is 17.5 Å². The molecule has 0 unspecified atom stereocenters. The van der Waals surface area contributed by atoms with Gasteiger partial charge in [-0.25, -0.2) is 9.97 Å². The quantitative estimate of drug-likeness (QED) is 0.664. The Labute approximate surface area is 74.9 Å². The van der Waals surface area contributed by atoms with Gasteiger partial charge in [-0.2, -0.15) is 0 Å². The Morgan fingerprint density at radius 1 is 1.50 bits per heavy atom. The Hall–Kier alpha value is -1.22. The molecule has 2 rings (SSSR count). The fourth-order valence-corrected chi connectivity index (χ4v) is 1.53. The summed E-state index contributed by atoms with van der Waals surface area (Å²) >= 11 is 1.58. The van der Waals surface area contributed by atoms with E-state index in [2.05, 4.69) is 16.0 Å². The fraction of sp³-hybridized carbons (Fsp3) is 0.111. The van der Waals surface area contributed by atoms with Crippen molar-refractivity contribution >= 4 is 11.3 Å². The van der Waals surface area contributed by atoms with E-state index in [1.807, 2.05) is 24.4 Å². The molecule has 2 nitrogen and oxygen atoms in total. The first-order valence-electron chi connectivity index (χ1n) is 3.61. The summed E-state index contributed by atoms with van der Waals surface area (Å²) in [7, 11) is 0. The van der Waals surface area contributed by atoms with E-state index in [-0.39, 0.29) is 0 Å². The number of thiazole rings is 1. The van der Waals surface area contributed by atoms with E-state index in [4.69, 9.17) is 0 Å². The number of nitrogens with zero attached hydrogens (tertiary/aromatic N) is 2. The fourth-order valence-electron chi connectivity index (χ4n) is 0.937. The summed E-state index contributed by atoms with van der Waals surface area (Å²) < 4.78 is 0. The molecule has 0 amide bonds. The van der Waals surface area contributed by atoms with E-state index < -0.39 is 0 Å². The van der Waals surface area contributed by atoms with Gasteiger partial charge in [0.1, 0.15) is 10.7 Å². The van der Waals surface area contributed by atoms with Crippen molar-refractivity contribution in [1.29, 1.82) is 0 Å². The summed E-state index contributed by atoms with van der Waals surface area (Å²) in [4.78, 5) is 8.46. The summed E-state index contributed by atoms with van der Waals surface area (Å²) in [5.41, 5.74) is 1.84. The zero-order chi connectivity index (χ0) is 8.39. The number of pyridine rings is 1. The monoisotopic (exact) mass is 175 g/mol. The standard InChI is InChI=1S/C9H7N2S/c1-7-3-2-4-8(11-7)9-10-5-6-12-9/h2-3,5-6H,1H3. The Morgan fingerprint density at radius 3 is 3.08 bits per heavy atom. The minimum absolute atomic E-state index is 0.838. The van der Waals surface area contributed by atoms with Gasteiger partial charge in [-0.15, -0.1) is 11.3 Å².